The number of imidazole rings is 1. The van der Waals surface area contributed by atoms with Crippen molar-refractivity contribution in [3.05, 3.63) is 47.0 Å². The van der Waals surface area contributed by atoms with Crippen molar-refractivity contribution >= 4 is 34.3 Å². The van der Waals surface area contributed by atoms with Gasteiger partial charge in [-0.2, -0.15) is 0 Å². The predicted molar refractivity (Wildman–Crippen MR) is 89.6 cm³/mol. The lowest BCUT2D eigenvalue weighted by molar-refractivity contribution is 1.08. The largest absolute Gasteiger partial charge is 0.377 e. The Bertz CT molecular complexity index is 821. The molecule has 0 amide bonds. The number of hydrogen-bond donors (Lipinski definition) is 1. The first-order valence-electron chi connectivity index (χ1n) is 6.69. The van der Waals surface area contributed by atoms with Gasteiger partial charge in [0.1, 0.15) is 0 Å². The number of rotatable bonds is 2. The fraction of sp³-hybridized carbons (Fsp3) is 0.188. The van der Waals surface area contributed by atoms with E-state index in [1.54, 1.807) is 0 Å². The summed E-state index contributed by atoms with van der Waals surface area (Å²) in [4.78, 5) is 6.48. The summed E-state index contributed by atoms with van der Waals surface area (Å²) in [5.41, 5.74) is 11.2. The zero-order valence-corrected chi connectivity index (χ0v) is 13.0. The Hall–Kier alpha value is -2.20. The van der Waals surface area contributed by atoms with E-state index >= 15 is 0 Å². The number of fused-ring (bicyclic) bond motifs is 1. The second-order valence-corrected chi connectivity index (χ2v) is 5.74. The quantitative estimate of drug-likeness (QED) is 0.786. The molecule has 0 spiro atoms. The third kappa shape index (κ3) is 2.32. The number of aromatic nitrogens is 2. The molecule has 0 bridgehead atoms. The van der Waals surface area contributed by atoms with Gasteiger partial charge in [0.15, 0.2) is 0 Å². The second kappa shape index (κ2) is 4.97. The number of aryl methyl sites for hydroxylation is 1. The van der Waals surface area contributed by atoms with Crippen LogP contribution >= 0.6 is 11.6 Å². The Morgan fingerprint density at radius 1 is 1.14 bits per heavy atom. The molecule has 108 valence electrons. The molecule has 1 aromatic heterocycles. The van der Waals surface area contributed by atoms with E-state index in [9.17, 15) is 0 Å². The highest BCUT2D eigenvalue weighted by Crippen LogP contribution is 2.28. The molecule has 3 aromatic rings. The van der Waals surface area contributed by atoms with E-state index in [0.717, 1.165) is 22.4 Å². The second-order valence-electron chi connectivity index (χ2n) is 5.30. The highest BCUT2D eigenvalue weighted by atomic mass is 35.5. The summed E-state index contributed by atoms with van der Waals surface area (Å²) in [5.74, 6) is 0.459. The smallest absolute Gasteiger partial charge is 0.205 e. The van der Waals surface area contributed by atoms with Crippen LogP contribution in [0.25, 0.3) is 16.7 Å². The van der Waals surface area contributed by atoms with Crippen molar-refractivity contribution in [3.8, 4) is 5.69 Å². The summed E-state index contributed by atoms with van der Waals surface area (Å²) in [5, 5.41) is 0.657. The first-order chi connectivity index (χ1) is 9.97. The fourth-order valence-corrected chi connectivity index (χ4v) is 2.73. The summed E-state index contributed by atoms with van der Waals surface area (Å²) in [6, 6.07) is 11.9. The van der Waals surface area contributed by atoms with Crippen molar-refractivity contribution in [2.24, 2.45) is 0 Å². The Morgan fingerprint density at radius 3 is 2.62 bits per heavy atom. The van der Waals surface area contributed by atoms with Crippen LogP contribution in [0.15, 0.2) is 36.4 Å². The van der Waals surface area contributed by atoms with E-state index in [1.165, 1.54) is 5.56 Å². The number of hydrogen-bond acceptors (Lipinski definition) is 3. The van der Waals surface area contributed by atoms with Gasteiger partial charge in [-0.3, -0.25) is 4.57 Å². The molecule has 5 heteroatoms. The Labute approximate surface area is 128 Å². The standard InChI is InChI=1S/C16H17ClN4/c1-10-4-6-12(9-15(10)20(2)3)21-14-7-5-11(17)8-13(14)19-16(21)18/h4-9H,1-3H3,(H2,18,19). The lowest BCUT2D eigenvalue weighted by Crippen LogP contribution is -2.11. The summed E-state index contributed by atoms with van der Waals surface area (Å²) < 4.78 is 1.94. The van der Waals surface area contributed by atoms with E-state index in [-0.39, 0.29) is 0 Å². The average molecular weight is 301 g/mol. The van der Waals surface area contributed by atoms with Crippen LogP contribution in [0, 0.1) is 6.92 Å². The van der Waals surface area contributed by atoms with Crippen LogP contribution in [0.5, 0.6) is 0 Å². The van der Waals surface area contributed by atoms with Gasteiger partial charge in [0.2, 0.25) is 5.95 Å². The van der Waals surface area contributed by atoms with Crippen LogP contribution in [0.3, 0.4) is 0 Å². The van der Waals surface area contributed by atoms with E-state index in [0.29, 0.717) is 11.0 Å². The molecule has 0 radical (unpaired) electrons. The van der Waals surface area contributed by atoms with Gasteiger partial charge in [0.05, 0.1) is 16.7 Å². The highest BCUT2D eigenvalue weighted by Gasteiger charge is 2.12. The van der Waals surface area contributed by atoms with Crippen LogP contribution in [0.1, 0.15) is 5.56 Å². The molecular formula is C16H17ClN4. The Morgan fingerprint density at radius 2 is 1.90 bits per heavy atom. The summed E-state index contributed by atoms with van der Waals surface area (Å²) >= 11 is 6.02. The topological polar surface area (TPSA) is 47.1 Å². The van der Waals surface area contributed by atoms with Gasteiger partial charge in [-0.15, -0.1) is 0 Å². The summed E-state index contributed by atoms with van der Waals surface area (Å²) in [6.07, 6.45) is 0. The number of nitrogens with two attached hydrogens (primary N) is 1. The molecule has 0 aliphatic heterocycles. The fourth-order valence-electron chi connectivity index (χ4n) is 2.56. The first-order valence-corrected chi connectivity index (χ1v) is 7.07. The van der Waals surface area contributed by atoms with E-state index in [2.05, 4.69) is 35.0 Å². The van der Waals surface area contributed by atoms with E-state index in [4.69, 9.17) is 17.3 Å². The predicted octanol–water partition coefficient (Wildman–Crippen LogP) is 3.64. The lowest BCUT2D eigenvalue weighted by Gasteiger charge is -2.17. The molecule has 0 atom stereocenters. The lowest BCUT2D eigenvalue weighted by atomic mass is 10.1. The molecule has 0 saturated carbocycles. The van der Waals surface area contributed by atoms with E-state index < -0.39 is 0 Å². The first kappa shape index (κ1) is 13.8. The minimum absolute atomic E-state index is 0.459. The molecular weight excluding hydrogens is 284 g/mol. The van der Waals surface area contributed by atoms with Crippen LogP contribution in [-0.2, 0) is 0 Å². The van der Waals surface area contributed by atoms with Gasteiger partial charge >= 0.3 is 0 Å². The number of anilines is 2. The number of nitrogen functional groups attached to an aromatic ring is 1. The summed E-state index contributed by atoms with van der Waals surface area (Å²) in [6.45, 7) is 2.09. The highest BCUT2D eigenvalue weighted by molar-refractivity contribution is 6.31. The zero-order valence-electron chi connectivity index (χ0n) is 12.3. The molecule has 4 nitrogen and oxygen atoms in total. The SMILES string of the molecule is Cc1ccc(-n2c(N)nc3cc(Cl)ccc32)cc1N(C)C. The van der Waals surface area contributed by atoms with Crippen molar-refractivity contribution < 1.29 is 0 Å². The molecule has 3 rings (SSSR count). The maximum atomic E-state index is 6.09. The number of nitrogens with zero attached hydrogens (tertiary/aromatic N) is 3. The maximum Gasteiger partial charge on any atom is 0.205 e. The Kier molecular flexibility index (Phi) is 3.26. The van der Waals surface area contributed by atoms with Gasteiger partial charge in [-0.05, 0) is 42.8 Å². The maximum absolute atomic E-state index is 6.09. The van der Waals surface area contributed by atoms with E-state index in [1.807, 2.05) is 36.9 Å². The van der Waals surface area contributed by atoms with Crippen LogP contribution in [0.4, 0.5) is 11.6 Å². The van der Waals surface area contributed by atoms with Crippen LogP contribution in [0.2, 0.25) is 5.02 Å². The Balaban J connectivity index is 2.25. The molecule has 0 aliphatic carbocycles. The average Bonchev–Trinajstić information content (AvgIpc) is 2.74. The van der Waals surface area contributed by atoms with Crippen LogP contribution in [-0.4, -0.2) is 23.6 Å². The number of benzene rings is 2. The molecule has 21 heavy (non-hydrogen) atoms. The van der Waals surface area contributed by atoms with Crippen molar-refractivity contribution in [2.75, 3.05) is 24.7 Å². The minimum Gasteiger partial charge on any atom is -0.377 e. The normalized spacial score (nSPS) is 11.0. The molecule has 2 aromatic carbocycles. The van der Waals surface area contributed by atoms with Gasteiger partial charge in [-0.1, -0.05) is 17.7 Å². The van der Waals surface area contributed by atoms with Crippen molar-refractivity contribution in [1.82, 2.24) is 9.55 Å². The molecule has 0 fully saturated rings. The molecule has 0 aliphatic rings. The third-order valence-electron chi connectivity index (χ3n) is 3.58. The summed E-state index contributed by atoms with van der Waals surface area (Å²) in [7, 11) is 4.06. The van der Waals surface area contributed by atoms with Gasteiger partial charge in [0.25, 0.3) is 0 Å². The molecule has 0 unspecified atom stereocenters. The van der Waals surface area contributed by atoms with Crippen molar-refractivity contribution in [1.29, 1.82) is 0 Å². The van der Waals surface area contributed by atoms with Crippen molar-refractivity contribution in [2.45, 2.75) is 6.92 Å². The van der Waals surface area contributed by atoms with Crippen LogP contribution < -0.4 is 10.6 Å². The van der Waals surface area contributed by atoms with Gasteiger partial charge in [0, 0.05) is 24.8 Å². The van der Waals surface area contributed by atoms with Crippen molar-refractivity contribution in [3.63, 3.8) is 0 Å². The minimum atomic E-state index is 0.459. The third-order valence-corrected chi connectivity index (χ3v) is 3.81. The molecule has 0 saturated heterocycles. The number of halogens is 1. The van der Waals surface area contributed by atoms with Gasteiger partial charge < -0.3 is 10.6 Å². The molecule has 2 N–H and O–H groups in total. The van der Waals surface area contributed by atoms with Gasteiger partial charge in [-0.25, -0.2) is 4.98 Å². The zero-order chi connectivity index (χ0) is 15.1. The monoisotopic (exact) mass is 300 g/mol. The molecule has 1 heterocycles.